The molecule has 4 heteroatoms. The van der Waals surface area contributed by atoms with Crippen LogP contribution in [0.1, 0.15) is 51.4 Å². The Kier molecular flexibility index (Phi) is 3.57. The van der Waals surface area contributed by atoms with Gasteiger partial charge in [-0.05, 0) is 38.0 Å². The summed E-state index contributed by atoms with van der Waals surface area (Å²) in [6.45, 7) is 0. The molecule has 0 spiro atoms. The molecule has 3 fully saturated rings. The fourth-order valence-corrected chi connectivity index (χ4v) is 3.72. The number of aliphatic hydroxyl groups is 1. The SMILES string of the molecule is O=C(C[C@@H]1CCCC[C@H]1O)NC1CC2CCC1O2. The quantitative estimate of drug-likeness (QED) is 0.798. The Balaban J connectivity index is 1.47. The third kappa shape index (κ3) is 2.54. The first-order valence-corrected chi connectivity index (χ1v) is 7.35. The van der Waals surface area contributed by atoms with Crippen LogP contribution >= 0.6 is 0 Å². The van der Waals surface area contributed by atoms with Crippen LogP contribution in [0.15, 0.2) is 0 Å². The monoisotopic (exact) mass is 253 g/mol. The van der Waals surface area contributed by atoms with Crippen LogP contribution in [0.4, 0.5) is 0 Å². The molecule has 2 aliphatic heterocycles. The van der Waals surface area contributed by atoms with Gasteiger partial charge < -0.3 is 15.2 Å². The van der Waals surface area contributed by atoms with E-state index in [9.17, 15) is 9.90 Å². The zero-order valence-electron chi connectivity index (χ0n) is 10.8. The summed E-state index contributed by atoms with van der Waals surface area (Å²) in [6, 6.07) is 0.219. The summed E-state index contributed by atoms with van der Waals surface area (Å²) in [6.07, 6.45) is 8.12. The lowest BCUT2D eigenvalue weighted by atomic mass is 9.84. The summed E-state index contributed by atoms with van der Waals surface area (Å²) in [4.78, 5) is 12.0. The summed E-state index contributed by atoms with van der Waals surface area (Å²) in [5.41, 5.74) is 0. The van der Waals surface area contributed by atoms with Gasteiger partial charge >= 0.3 is 0 Å². The number of aliphatic hydroxyl groups excluding tert-OH is 1. The van der Waals surface area contributed by atoms with Crippen molar-refractivity contribution in [1.82, 2.24) is 5.32 Å². The highest BCUT2D eigenvalue weighted by atomic mass is 16.5. The average Bonchev–Trinajstić information content (AvgIpc) is 2.94. The van der Waals surface area contributed by atoms with Gasteiger partial charge in [0.25, 0.3) is 0 Å². The van der Waals surface area contributed by atoms with Crippen molar-refractivity contribution in [2.24, 2.45) is 5.92 Å². The predicted molar refractivity (Wildman–Crippen MR) is 67.0 cm³/mol. The summed E-state index contributed by atoms with van der Waals surface area (Å²) >= 11 is 0. The third-order valence-electron chi connectivity index (χ3n) is 4.77. The van der Waals surface area contributed by atoms with Gasteiger partial charge in [0.05, 0.1) is 24.4 Å². The Labute approximate surface area is 108 Å². The van der Waals surface area contributed by atoms with Crippen LogP contribution in [0.2, 0.25) is 0 Å². The lowest BCUT2D eigenvalue weighted by Gasteiger charge is -2.28. The summed E-state index contributed by atoms with van der Waals surface area (Å²) in [5.74, 6) is 0.264. The normalized spacial score (nSPS) is 43.1. The van der Waals surface area contributed by atoms with Crippen LogP contribution in [0, 0.1) is 5.92 Å². The van der Waals surface area contributed by atoms with E-state index in [1.165, 1.54) is 0 Å². The average molecular weight is 253 g/mol. The van der Waals surface area contributed by atoms with Gasteiger partial charge in [-0.2, -0.15) is 0 Å². The molecule has 102 valence electrons. The number of nitrogens with one attached hydrogen (secondary N) is 1. The molecule has 18 heavy (non-hydrogen) atoms. The zero-order chi connectivity index (χ0) is 12.5. The highest BCUT2D eigenvalue weighted by molar-refractivity contribution is 5.76. The Bertz CT molecular complexity index is 314. The van der Waals surface area contributed by atoms with Gasteiger partial charge in [-0.1, -0.05) is 12.8 Å². The Morgan fingerprint density at radius 2 is 2.06 bits per heavy atom. The maximum Gasteiger partial charge on any atom is 0.220 e. The Morgan fingerprint density at radius 1 is 1.22 bits per heavy atom. The van der Waals surface area contributed by atoms with Crippen molar-refractivity contribution in [3.63, 3.8) is 0 Å². The van der Waals surface area contributed by atoms with Crippen molar-refractivity contribution in [2.45, 2.75) is 75.7 Å². The summed E-state index contributed by atoms with van der Waals surface area (Å²) in [7, 11) is 0. The number of carbonyl (C=O) groups is 1. The molecule has 3 unspecified atom stereocenters. The molecular formula is C14H23NO3. The van der Waals surface area contributed by atoms with Gasteiger partial charge in [-0.3, -0.25) is 4.79 Å². The number of carbonyl (C=O) groups excluding carboxylic acids is 1. The van der Waals surface area contributed by atoms with Crippen molar-refractivity contribution < 1.29 is 14.6 Å². The van der Waals surface area contributed by atoms with E-state index in [2.05, 4.69) is 5.32 Å². The molecule has 3 aliphatic rings. The smallest absolute Gasteiger partial charge is 0.220 e. The van der Waals surface area contributed by atoms with E-state index in [1.54, 1.807) is 0 Å². The molecule has 0 aromatic rings. The molecule has 5 atom stereocenters. The molecule has 2 heterocycles. The number of fused-ring (bicyclic) bond motifs is 2. The second-order valence-corrected chi connectivity index (χ2v) is 6.10. The van der Waals surface area contributed by atoms with Crippen LogP contribution in [0.5, 0.6) is 0 Å². The second-order valence-electron chi connectivity index (χ2n) is 6.10. The van der Waals surface area contributed by atoms with Gasteiger partial charge in [0.2, 0.25) is 5.91 Å². The molecule has 1 aliphatic carbocycles. The molecule has 1 amide bonds. The molecule has 2 N–H and O–H groups in total. The van der Waals surface area contributed by atoms with Crippen LogP contribution in [0.3, 0.4) is 0 Å². The topological polar surface area (TPSA) is 58.6 Å². The van der Waals surface area contributed by atoms with Crippen LogP contribution in [-0.2, 0) is 9.53 Å². The standard InChI is InChI=1S/C14H23NO3/c16-12-4-2-1-3-9(12)7-14(17)15-11-8-10-5-6-13(11)18-10/h9-13,16H,1-8H2,(H,15,17)/t9-,10?,11?,12+,13?/m0/s1. The molecule has 0 aromatic heterocycles. The lowest BCUT2D eigenvalue weighted by molar-refractivity contribution is -0.124. The number of hydrogen-bond donors (Lipinski definition) is 2. The zero-order valence-corrected chi connectivity index (χ0v) is 10.8. The Hall–Kier alpha value is -0.610. The highest BCUT2D eigenvalue weighted by Gasteiger charge is 2.41. The fraction of sp³-hybridized carbons (Fsp3) is 0.929. The van der Waals surface area contributed by atoms with Crippen molar-refractivity contribution in [1.29, 1.82) is 0 Å². The van der Waals surface area contributed by atoms with Gasteiger partial charge in [0, 0.05) is 6.42 Å². The molecule has 2 bridgehead atoms. The maximum atomic E-state index is 12.0. The number of ether oxygens (including phenoxy) is 1. The van der Waals surface area contributed by atoms with Gasteiger partial charge in [0.15, 0.2) is 0 Å². The molecule has 0 radical (unpaired) electrons. The van der Waals surface area contributed by atoms with E-state index in [1.807, 2.05) is 0 Å². The summed E-state index contributed by atoms with van der Waals surface area (Å²) in [5, 5.41) is 13.0. The van der Waals surface area contributed by atoms with Gasteiger partial charge in [0.1, 0.15) is 0 Å². The molecule has 1 saturated carbocycles. The van der Waals surface area contributed by atoms with Crippen LogP contribution in [-0.4, -0.2) is 35.4 Å². The molecular weight excluding hydrogens is 230 g/mol. The lowest BCUT2D eigenvalue weighted by Crippen LogP contribution is -2.43. The Morgan fingerprint density at radius 3 is 2.72 bits per heavy atom. The van der Waals surface area contributed by atoms with Crippen molar-refractivity contribution >= 4 is 5.91 Å². The van der Waals surface area contributed by atoms with Crippen LogP contribution < -0.4 is 5.32 Å². The minimum Gasteiger partial charge on any atom is -0.393 e. The third-order valence-corrected chi connectivity index (χ3v) is 4.77. The molecule has 2 saturated heterocycles. The van der Waals surface area contributed by atoms with Crippen molar-refractivity contribution in [3.8, 4) is 0 Å². The molecule has 0 aromatic carbocycles. The first-order chi connectivity index (χ1) is 8.72. The first kappa shape index (κ1) is 12.4. The first-order valence-electron chi connectivity index (χ1n) is 7.35. The van der Waals surface area contributed by atoms with Gasteiger partial charge in [-0.25, -0.2) is 0 Å². The van der Waals surface area contributed by atoms with E-state index in [0.29, 0.717) is 12.5 Å². The van der Waals surface area contributed by atoms with Gasteiger partial charge in [-0.15, -0.1) is 0 Å². The maximum absolute atomic E-state index is 12.0. The van der Waals surface area contributed by atoms with E-state index < -0.39 is 0 Å². The number of rotatable bonds is 3. The predicted octanol–water partition coefficient (Wildman–Crippen LogP) is 1.36. The fourth-order valence-electron chi connectivity index (χ4n) is 3.72. The summed E-state index contributed by atoms with van der Waals surface area (Å²) < 4.78 is 5.73. The van der Waals surface area contributed by atoms with Crippen molar-refractivity contribution in [2.75, 3.05) is 0 Å². The number of hydrogen-bond acceptors (Lipinski definition) is 3. The van der Waals surface area contributed by atoms with E-state index in [-0.39, 0.29) is 30.1 Å². The second kappa shape index (κ2) is 5.17. The van der Waals surface area contributed by atoms with Crippen molar-refractivity contribution in [3.05, 3.63) is 0 Å². The van der Waals surface area contributed by atoms with Crippen LogP contribution in [0.25, 0.3) is 0 Å². The van der Waals surface area contributed by atoms with E-state index in [0.717, 1.165) is 44.9 Å². The highest BCUT2D eigenvalue weighted by Crippen LogP contribution is 2.34. The number of amides is 1. The van der Waals surface area contributed by atoms with E-state index >= 15 is 0 Å². The molecule has 3 rings (SSSR count). The molecule has 4 nitrogen and oxygen atoms in total. The minimum atomic E-state index is -0.277. The largest absolute Gasteiger partial charge is 0.393 e. The van der Waals surface area contributed by atoms with E-state index in [4.69, 9.17) is 4.74 Å². The minimum absolute atomic E-state index is 0.0992.